The van der Waals surface area contributed by atoms with Gasteiger partial charge in [-0.3, -0.25) is 4.79 Å². The number of aliphatic hydroxyl groups is 2. The topological polar surface area (TPSA) is 226 Å². The summed E-state index contributed by atoms with van der Waals surface area (Å²) in [4.78, 5) is 41.3. The second kappa shape index (κ2) is 23.0. The van der Waals surface area contributed by atoms with Crippen molar-refractivity contribution in [1.82, 2.24) is 34.4 Å². The summed E-state index contributed by atoms with van der Waals surface area (Å²) in [5.74, 6) is 2.37. The summed E-state index contributed by atoms with van der Waals surface area (Å²) in [5.41, 5.74) is 13.5. The lowest BCUT2D eigenvalue weighted by atomic mass is 10.1. The van der Waals surface area contributed by atoms with Crippen LogP contribution in [0.25, 0.3) is 11.4 Å². The largest absolute Gasteiger partial charge is 0.493 e. The molecule has 2 aliphatic heterocycles. The van der Waals surface area contributed by atoms with Crippen molar-refractivity contribution in [2.24, 2.45) is 5.73 Å². The van der Waals surface area contributed by atoms with E-state index in [2.05, 4.69) is 52.8 Å². The summed E-state index contributed by atoms with van der Waals surface area (Å²) in [5, 5.41) is 29.0. The molecule has 2 atom stereocenters. The summed E-state index contributed by atoms with van der Waals surface area (Å²) in [6.07, 6.45) is 11.6. The number of halogens is 2. The molecule has 0 spiro atoms. The lowest BCUT2D eigenvalue weighted by Crippen LogP contribution is -2.31. The Morgan fingerprint density at radius 1 is 0.686 bits per heavy atom. The average molecular weight is 984 g/mol. The molecule has 70 heavy (non-hydrogen) atoms. The number of nitrogens with one attached hydrogen (secondary N) is 3. The highest BCUT2D eigenvalue weighted by molar-refractivity contribution is 6.30. The number of hydrogen-bond donors (Lipinski definition) is 6. The van der Waals surface area contributed by atoms with Crippen molar-refractivity contribution in [3.05, 3.63) is 190 Å². The standard InChI is InChI=1S/C25H22ClN5O3.C18H16N4O3.C8H10ClNO/c26-18-3-1-2-16(10-18)22(14-32)30-25(33)21-13-31(15-28-21)20-6-8-27-24(12-20)29-19-4-5-23-17(11-19)7-9-34-23;1-24-18(23)15-10-22(11-20-15)14-4-6-19-17(9-14)21-13-2-3-16-12(8-13)5-7-25-16;9-7-3-1-2-6(4-7)8(10)5-11/h1-6,8,10-13,15,22,32H,7,9,14H2,(H,27,29)(H,30,33);2-4,6,8-11H,5,7H2,1H3,(H,19,21);1-4,8,11H,5,10H2. The van der Waals surface area contributed by atoms with Crippen molar-refractivity contribution in [2.75, 3.05) is 44.2 Å². The third-order valence-corrected chi connectivity index (χ3v) is 11.5. The highest BCUT2D eigenvalue weighted by Crippen LogP contribution is 2.31. The zero-order valence-electron chi connectivity index (χ0n) is 37.7. The fourth-order valence-corrected chi connectivity index (χ4v) is 7.81. The molecule has 0 radical (unpaired) electrons. The first kappa shape index (κ1) is 48.6. The normalized spacial score (nSPS) is 12.8. The van der Waals surface area contributed by atoms with Gasteiger partial charge in [-0.1, -0.05) is 47.5 Å². The summed E-state index contributed by atoms with van der Waals surface area (Å²) in [6.45, 7) is 1.12. The molecule has 0 bridgehead atoms. The molecule has 1 amide bonds. The van der Waals surface area contributed by atoms with Crippen LogP contribution in [0.2, 0.25) is 10.0 Å². The van der Waals surface area contributed by atoms with E-state index in [0.29, 0.717) is 33.9 Å². The Bertz CT molecular complexity index is 3090. The van der Waals surface area contributed by atoms with Crippen LogP contribution in [0.1, 0.15) is 55.3 Å². The Morgan fingerprint density at radius 3 is 1.74 bits per heavy atom. The Morgan fingerprint density at radius 2 is 1.21 bits per heavy atom. The summed E-state index contributed by atoms with van der Waals surface area (Å²) in [6, 6.07) is 32.7. The fourth-order valence-electron chi connectivity index (χ4n) is 7.41. The summed E-state index contributed by atoms with van der Waals surface area (Å²) in [7, 11) is 1.33. The molecule has 17 nitrogen and oxygen atoms in total. The minimum absolute atomic E-state index is 0.0552. The summed E-state index contributed by atoms with van der Waals surface area (Å²) >= 11 is 11.7. The van der Waals surface area contributed by atoms with Crippen LogP contribution in [0.15, 0.2) is 147 Å². The van der Waals surface area contributed by atoms with Crippen molar-refractivity contribution in [2.45, 2.75) is 24.9 Å². The minimum Gasteiger partial charge on any atom is -0.493 e. The van der Waals surface area contributed by atoms with Gasteiger partial charge in [0, 0.05) is 71.2 Å². The van der Waals surface area contributed by atoms with E-state index in [1.807, 2.05) is 60.7 Å². The molecule has 358 valence electrons. The number of rotatable bonds is 13. The number of methoxy groups -OCH3 is 1. The van der Waals surface area contributed by atoms with Crippen LogP contribution < -0.4 is 31.2 Å². The quantitative estimate of drug-likeness (QED) is 0.0600. The van der Waals surface area contributed by atoms with Crippen molar-refractivity contribution in [1.29, 1.82) is 0 Å². The van der Waals surface area contributed by atoms with Gasteiger partial charge in [-0.2, -0.15) is 0 Å². The molecule has 2 unspecified atom stereocenters. The lowest BCUT2D eigenvalue weighted by Gasteiger charge is -2.16. The van der Waals surface area contributed by atoms with Crippen LogP contribution in [0.4, 0.5) is 23.0 Å². The summed E-state index contributed by atoms with van der Waals surface area (Å²) < 4.78 is 19.2. The number of esters is 1. The van der Waals surface area contributed by atoms with Crippen molar-refractivity contribution in [3.63, 3.8) is 0 Å². The second-order valence-corrected chi connectivity index (χ2v) is 16.7. The van der Waals surface area contributed by atoms with Crippen LogP contribution in [0, 0.1) is 0 Å². The third-order valence-electron chi connectivity index (χ3n) is 11.0. The van der Waals surface area contributed by atoms with Gasteiger partial charge in [0.05, 0.1) is 57.0 Å². The predicted octanol–water partition coefficient (Wildman–Crippen LogP) is 8.13. The van der Waals surface area contributed by atoms with Gasteiger partial charge in [0.15, 0.2) is 5.69 Å². The molecule has 8 aromatic rings. The number of pyridine rings is 2. The Balaban J connectivity index is 0.000000159. The van der Waals surface area contributed by atoms with Crippen LogP contribution in [-0.2, 0) is 17.6 Å². The maximum absolute atomic E-state index is 12.8. The molecule has 0 aliphatic carbocycles. The molecule has 7 N–H and O–H groups in total. The van der Waals surface area contributed by atoms with Crippen molar-refractivity contribution < 1.29 is 34.0 Å². The van der Waals surface area contributed by atoms with E-state index < -0.39 is 17.9 Å². The number of carbonyl (C=O) groups is 2. The Labute approximate surface area is 412 Å². The molecular weight excluding hydrogens is 936 g/mol. The van der Waals surface area contributed by atoms with Crippen LogP contribution in [-0.4, -0.2) is 84.7 Å². The van der Waals surface area contributed by atoms with Gasteiger partial charge in [-0.05, 0) is 95.1 Å². The van der Waals surface area contributed by atoms with Crippen LogP contribution in [0.3, 0.4) is 0 Å². The molecule has 0 saturated carbocycles. The van der Waals surface area contributed by atoms with Gasteiger partial charge in [-0.25, -0.2) is 24.7 Å². The highest BCUT2D eigenvalue weighted by Gasteiger charge is 2.19. The molecule has 19 heteroatoms. The van der Waals surface area contributed by atoms with Crippen molar-refractivity contribution >= 4 is 58.1 Å². The maximum atomic E-state index is 12.8. The number of hydrogen-bond acceptors (Lipinski definition) is 14. The van der Waals surface area contributed by atoms with Gasteiger partial charge >= 0.3 is 5.97 Å². The Hall–Kier alpha value is -7.80. The smallest absolute Gasteiger partial charge is 0.358 e. The number of anilines is 4. The molecular formula is C51H48Cl2N10O7. The van der Waals surface area contributed by atoms with E-state index in [9.17, 15) is 14.7 Å². The van der Waals surface area contributed by atoms with E-state index in [0.717, 1.165) is 59.3 Å². The first-order chi connectivity index (χ1) is 34.0. The molecule has 0 fully saturated rings. The van der Waals surface area contributed by atoms with Crippen LogP contribution >= 0.6 is 23.2 Å². The number of aromatic nitrogens is 6. The first-order valence-corrected chi connectivity index (χ1v) is 22.7. The zero-order chi connectivity index (χ0) is 49.0. The SMILES string of the molecule is COC(=O)c1cn(-c2ccnc(Nc3ccc4c(c3)CCO4)c2)cn1.NC(CO)c1cccc(Cl)c1.O=C(NC(CO)c1cccc(Cl)c1)c1cn(-c2ccnc(Nc3ccc4c(c3)CCO4)c2)cn1. The number of ether oxygens (including phenoxy) is 3. The Kier molecular flexibility index (Phi) is 16.0. The van der Waals surface area contributed by atoms with Crippen molar-refractivity contribution in [3.8, 4) is 22.9 Å². The minimum atomic E-state index is -0.592. The van der Waals surface area contributed by atoms with Gasteiger partial charge in [0.25, 0.3) is 5.91 Å². The van der Waals surface area contributed by atoms with Gasteiger partial charge in [0.2, 0.25) is 0 Å². The first-order valence-electron chi connectivity index (χ1n) is 22.0. The lowest BCUT2D eigenvalue weighted by molar-refractivity contribution is 0.0594. The molecule has 6 heterocycles. The van der Waals surface area contributed by atoms with Crippen LogP contribution in [0.5, 0.6) is 11.5 Å². The van der Waals surface area contributed by atoms with E-state index in [1.54, 1.807) is 83.0 Å². The predicted molar refractivity (Wildman–Crippen MR) is 266 cm³/mol. The molecule has 4 aromatic carbocycles. The van der Waals surface area contributed by atoms with E-state index in [1.165, 1.54) is 18.2 Å². The fraction of sp³-hybridized carbons (Fsp3) is 0.176. The number of amides is 1. The van der Waals surface area contributed by atoms with Gasteiger partial charge < -0.3 is 55.2 Å². The number of nitrogens with two attached hydrogens (primary N) is 1. The maximum Gasteiger partial charge on any atom is 0.358 e. The second-order valence-electron chi connectivity index (χ2n) is 15.8. The van der Waals surface area contributed by atoms with Gasteiger partial charge in [0.1, 0.15) is 41.5 Å². The molecule has 2 aliphatic rings. The van der Waals surface area contributed by atoms with E-state index >= 15 is 0 Å². The number of benzene rings is 4. The number of imidazole rings is 2. The van der Waals surface area contributed by atoms with Gasteiger partial charge in [-0.15, -0.1) is 0 Å². The number of aliphatic hydroxyl groups excluding tert-OH is 2. The number of carbonyl (C=O) groups excluding carboxylic acids is 2. The zero-order valence-corrected chi connectivity index (χ0v) is 39.2. The monoisotopic (exact) mass is 982 g/mol. The molecule has 0 saturated heterocycles. The third kappa shape index (κ3) is 12.4. The van der Waals surface area contributed by atoms with E-state index in [-0.39, 0.29) is 30.6 Å². The average Bonchev–Trinajstić information content (AvgIpc) is 4.24. The van der Waals surface area contributed by atoms with E-state index in [4.69, 9.17) is 43.5 Å². The number of nitrogens with zero attached hydrogens (tertiary/aromatic N) is 6. The number of fused-ring (bicyclic) bond motifs is 2. The highest BCUT2D eigenvalue weighted by atomic mass is 35.5. The molecule has 4 aromatic heterocycles. The molecule has 10 rings (SSSR count).